The van der Waals surface area contributed by atoms with E-state index in [-0.39, 0.29) is 6.04 Å². The fourth-order valence-corrected chi connectivity index (χ4v) is 3.57. The van der Waals surface area contributed by atoms with Crippen LogP contribution in [0.2, 0.25) is 10.0 Å². The molecule has 4 rings (SSSR count). The normalized spacial score (nSPS) is 12.1. The second kappa shape index (κ2) is 7.28. The monoisotopic (exact) mass is 380 g/mol. The van der Waals surface area contributed by atoms with Crippen molar-refractivity contribution in [1.82, 2.24) is 20.2 Å². The van der Waals surface area contributed by atoms with E-state index < -0.39 is 0 Å². The van der Waals surface area contributed by atoms with Gasteiger partial charge in [-0.05, 0) is 34.0 Å². The maximum atomic E-state index is 6.44. The highest BCUT2D eigenvalue weighted by atomic mass is 35.5. The zero-order valence-electron chi connectivity index (χ0n) is 13.6. The molecule has 0 aliphatic carbocycles. The molecule has 1 unspecified atom stereocenters. The molecule has 0 aliphatic heterocycles. The van der Waals surface area contributed by atoms with E-state index >= 15 is 0 Å². The van der Waals surface area contributed by atoms with E-state index in [1.54, 1.807) is 0 Å². The number of aromatic nitrogens is 4. The molecule has 0 amide bonds. The zero-order valence-corrected chi connectivity index (χ0v) is 15.1. The van der Waals surface area contributed by atoms with Gasteiger partial charge >= 0.3 is 0 Å². The van der Waals surface area contributed by atoms with E-state index in [1.165, 1.54) is 11.1 Å². The molecule has 0 bridgehead atoms. The van der Waals surface area contributed by atoms with Crippen LogP contribution in [0, 0.1) is 0 Å². The number of nitrogens with zero attached hydrogens (tertiary/aromatic N) is 4. The first-order valence-electron chi connectivity index (χ1n) is 8.06. The SMILES string of the molecule is Clc1cccc(Cl)c1C(c1ccc(-c2ccccc2)cc1)n1ncnn1. The van der Waals surface area contributed by atoms with Gasteiger partial charge in [0.05, 0.1) is 0 Å². The Kier molecular flexibility index (Phi) is 4.69. The number of benzene rings is 3. The minimum Gasteiger partial charge on any atom is -0.152 e. The van der Waals surface area contributed by atoms with Crippen LogP contribution in [0.25, 0.3) is 11.1 Å². The van der Waals surface area contributed by atoms with Crippen molar-refractivity contribution in [3.63, 3.8) is 0 Å². The largest absolute Gasteiger partial charge is 0.162 e. The highest BCUT2D eigenvalue weighted by molar-refractivity contribution is 6.36. The molecule has 0 spiro atoms. The number of hydrogen-bond donors (Lipinski definition) is 0. The molecule has 128 valence electrons. The Morgan fingerprint density at radius 3 is 2.00 bits per heavy atom. The van der Waals surface area contributed by atoms with E-state index in [2.05, 4.69) is 39.7 Å². The predicted molar refractivity (Wildman–Crippen MR) is 103 cm³/mol. The molecule has 3 aromatic carbocycles. The van der Waals surface area contributed by atoms with Crippen molar-refractivity contribution in [3.05, 3.63) is 100 Å². The molecule has 1 atom stereocenters. The summed E-state index contributed by atoms with van der Waals surface area (Å²) in [6.07, 6.45) is 1.40. The molecule has 0 saturated carbocycles. The Labute approximate surface area is 161 Å². The van der Waals surface area contributed by atoms with Crippen molar-refractivity contribution in [3.8, 4) is 11.1 Å². The Balaban J connectivity index is 1.81. The summed E-state index contributed by atoms with van der Waals surface area (Å²) in [6.45, 7) is 0. The third-order valence-electron chi connectivity index (χ3n) is 4.20. The smallest absolute Gasteiger partial charge is 0.152 e. The van der Waals surface area contributed by atoms with Crippen LogP contribution in [-0.4, -0.2) is 20.2 Å². The van der Waals surface area contributed by atoms with Crippen LogP contribution in [0.3, 0.4) is 0 Å². The van der Waals surface area contributed by atoms with E-state index in [1.807, 2.05) is 48.5 Å². The molecule has 1 aromatic heterocycles. The molecular weight excluding hydrogens is 367 g/mol. The van der Waals surface area contributed by atoms with Gasteiger partial charge in [-0.15, -0.1) is 10.2 Å². The van der Waals surface area contributed by atoms with Crippen LogP contribution in [0.15, 0.2) is 79.1 Å². The fraction of sp³-hybridized carbons (Fsp3) is 0.0500. The second-order valence-electron chi connectivity index (χ2n) is 5.78. The predicted octanol–water partition coefficient (Wildman–Crippen LogP) is 5.28. The van der Waals surface area contributed by atoms with Crippen LogP contribution in [0.1, 0.15) is 17.2 Å². The van der Waals surface area contributed by atoms with Gasteiger partial charge < -0.3 is 0 Å². The quantitative estimate of drug-likeness (QED) is 0.483. The van der Waals surface area contributed by atoms with Crippen LogP contribution in [-0.2, 0) is 0 Å². The summed E-state index contributed by atoms with van der Waals surface area (Å²) in [7, 11) is 0. The number of tetrazole rings is 1. The van der Waals surface area contributed by atoms with Crippen LogP contribution in [0.5, 0.6) is 0 Å². The molecule has 0 fully saturated rings. The molecule has 0 aliphatic rings. The maximum Gasteiger partial charge on any atom is 0.162 e. The van der Waals surface area contributed by atoms with Gasteiger partial charge in [-0.3, -0.25) is 0 Å². The van der Waals surface area contributed by atoms with Gasteiger partial charge in [-0.1, -0.05) is 83.9 Å². The molecule has 0 N–H and O–H groups in total. The summed E-state index contributed by atoms with van der Waals surface area (Å²) in [5, 5.41) is 13.2. The van der Waals surface area contributed by atoms with Gasteiger partial charge in [-0.25, -0.2) is 0 Å². The number of rotatable bonds is 4. The van der Waals surface area contributed by atoms with Gasteiger partial charge in [0.15, 0.2) is 6.33 Å². The highest BCUT2D eigenvalue weighted by Crippen LogP contribution is 2.36. The van der Waals surface area contributed by atoms with Gasteiger partial charge in [0, 0.05) is 15.6 Å². The van der Waals surface area contributed by atoms with Crippen molar-refractivity contribution in [1.29, 1.82) is 0 Å². The summed E-state index contributed by atoms with van der Waals surface area (Å²) in [6, 6.07) is 23.5. The first-order chi connectivity index (χ1) is 12.7. The Morgan fingerprint density at radius 2 is 1.38 bits per heavy atom. The minimum atomic E-state index is -0.358. The van der Waals surface area contributed by atoms with E-state index in [0.29, 0.717) is 10.0 Å². The minimum absolute atomic E-state index is 0.358. The van der Waals surface area contributed by atoms with E-state index in [4.69, 9.17) is 23.2 Å². The van der Waals surface area contributed by atoms with Gasteiger partial charge in [0.2, 0.25) is 0 Å². The van der Waals surface area contributed by atoms with Gasteiger partial charge in [0.25, 0.3) is 0 Å². The number of hydrogen-bond acceptors (Lipinski definition) is 3. The average Bonchev–Trinajstić information content (AvgIpc) is 3.20. The summed E-state index contributed by atoms with van der Waals surface area (Å²) in [5.41, 5.74) is 4.01. The Bertz CT molecular complexity index is 980. The van der Waals surface area contributed by atoms with Crippen molar-refractivity contribution in [2.45, 2.75) is 6.04 Å². The second-order valence-corrected chi connectivity index (χ2v) is 6.60. The van der Waals surface area contributed by atoms with Crippen LogP contribution < -0.4 is 0 Å². The third-order valence-corrected chi connectivity index (χ3v) is 4.86. The molecule has 1 heterocycles. The maximum absolute atomic E-state index is 6.44. The lowest BCUT2D eigenvalue weighted by molar-refractivity contribution is 0.505. The molecule has 4 nitrogen and oxygen atoms in total. The summed E-state index contributed by atoms with van der Waals surface area (Å²) in [5.74, 6) is 0. The van der Waals surface area contributed by atoms with E-state index in [9.17, 15) is 0 Å². The van der Waals surface area contributed by atoms with Gasteiger partial charge in [-0.2, -0.15) is 4.80 Å². The lowest BCUT2D eigenvalue weighted by atomic mass is 9.96. The van der Waals surface area contributed by atoms with Gasteiger partial charge in [0.1, 0.15) is 6.04 Å². The topological polar surface area (TPSA) is 43.6 Å². The van der Waals surface area contributed by atoms with Crippen molar-refractivity contribution < 1.29 is 0 Å². The fourth-order valence-electron chi connectivity index (χ4n) is 2.97. The summed E-state index contributed by atoms with van der Waals surface area (Å²) >= 11 is 12.9. The Hall–Kier alpha value is -2.69. The van der Waals surface area contributed by atoms with Crippen molar-refractivity contribution in [2.24, 2.45) is 0 Å². The van der Waals surface area contributed by atoms with Crippen LogP contribution >= 0.6 is 23.2 Å². The zero-order chi connectivity index (χ0) is 17.9. The van der Waals surface area contributed by atoms with Crippen LogP contribution in [0.4, 0.5) is 0 Å². The standard InChI is InChI=1S/C20H14Cl2N4/c21-17-7-4-8-18(22)19(17)20(26-24-13-23-25-26)16-11-9-15(10-12-16)14-5-2-1-3-6-14/h1-13,20H. The first kappa shape index (κ1) is 16.8. The van der Waals surface area contributed by atoms with Crippen molar-refractivity contribution in [2.75, 3.05) is 0 Å². The molecule has 26 heavy (non-hydrogen) atoms. The molecular formula is C20H14Cl2N4. The first-order valence-corrected chi connectivity index (χ1v) is 8.81. The molecule has 0 saturated heterocycles. The lowest BCUT2D eigenvalue weighted by Crippen LogP contribution is -2.16. The number of halogens is 2. The Morgan fingerprint density at radius 1 is 0.731 bits per heavy atom. The third kappa shape index (κ3) is 3.21. The molecule has 0 radical (unpaired) electrons. The molecule has 6 heteroatoms. The average molecular weight is 381 g/mol. The van der Waals surface area contributed by atoms with Crippen molar-refractivity contribution >= 4 is 23.2 Å². The van der Waals surface area contributed by atoms with E-state index in [0.717, 1.165) is 22.3 Å². The molecule has 4 aromatic rings. The highest BCUT2D eigenvalue weighted by Gasteiger charge is 2.23. The lowest BCUT2D eigenvalue weighted by Gasteiger charge is -2.19. The summed E-state index contributed by atoms with van der Waals surface area (Å²) < 4.78 is 0. The summed E-state index contributed by atoms with van der Waals surface area (Å²) in [4.78, 5) is 1.52.